The number of hydrogen-bond donors (Lipinski definition) is 1. The largest absolute Gasteiger partial charge is 0.393 e. The first-order valence-electron chi connectivity index (χ1n) is 6.40. The number of nitrogens with zero attached hydrogens (tertiary/aromatic N) is 3. The fourth-order valence-electron chi connectivity index (χ4n) is 2.10. The van der Waals surface area contributed by atoms with E-state index in [9.17, 15) is 0 Å². The molecule has 0 radical (unpaired) electrons. The van der Waals surface area contributed by atoms with E-state index in [-0.39, 0.29) is 6.04 Å². The van der Waals surface area contributed by atoms with Crippen molar-refractivity contribution in [3.8, 4) is 0 Å². The Morgan fingerprint density at radius 2 is 2.11 bits per heavy atom. The molecule has 0 aliphatic heterocycles. The normalized spacial score (nSPS) is 13.1. The molecule has 1 aromatic carbocycles. The topological polar surface area (TPSA) is 47.1 Å². The van der Waals surface area contributed by atoms with Crippen molar-refractivity contribution in [2.24, 2.45) is 5.73 Å². The first kappa shape index (κ1) is 14.0. The van der Waals surface area contributed by atoms with Crippen molar-refractivity contribution in [1.82, 2.24) is 14.5 Å². The third-order valence-electron chi connectivity index (χ3n) is 3.41. The van der Waals surface area contributed by atoms with Gasteiger partial charge in [-0.25, -0.2) is 4.98 Å². The summed E-state index contributed by atoms with van der Waals surface area (Å²) < 4.78 is 2.22. The molecular weight excluding hydrogens is 256 g/mol. The SMILES string of the molecule is CC(c1nc2ccccc2n1CCC(N)=S)N(C)C. The van der Waals surface area contributed by atoms with E-state index in [1.807, 2.05) is 18.2 Å². The molecule has 1 unspecified atom stereocenters. The minimum absolute atomic E-state index is 0.249. The predicted molar refractivity (Wildman–Crippen MR) is 83.2 cm³/mol. The number of para-hydroxylation sites is 2. The summed E-state index contributed by atoms with van der Waals surface area (Å²) in [6.07, 6.45) is 0.697. The monoisotopic (exact) mass is 276 g/mol. The Morgan fingerprint density at radius 3 is 2.74 bits per heavy atom. The van der Waals surface area contributed by atoms with E-state index >= 15 is 0 Å². The van der Waals surface area contributed by atoms with Gasteiger partial charge < -0.3 is 10.3 Å². The quantitative estimate of drug-likeness (QED) is 0.852. The van der Waals surface area contributed by atoms with Crippen molar-refractivity contribution in [2.75, 3.05) is 14.1 Å². The fraction of sp³-hybridized carbons (Fsp3) is 0.429. The van der Waals surface area contributed by atoms with Crippen LogP contribution in [0.1, 0.15) is 25.2 Å². The lowest BCUT2D eigenvalue weighted by Gasteiger charge is -2.20. The second-order valence-electron chi connectivity index (χ2n) is 4.97. The minimum Gasteiger partial charge on any atom is -0.393 e. The van der Waals surface area contributed by atoms with Gasteiger partial charge in [0, 0.05) is 13.0 Å². The van der Waals surface area contributed by atoms with Crippen LogP contribution in [0.15, 0.2) is 24.3 Å². The highest BCUT2D eigenvalue weighted by molar-refractivity contribution is 7.80. The maximum Gasteiger partial charge on any atom is 0.127 e. The van der Waals surface area contributed by atoms with Crippen molar-refractivity contribution in [3.05, 3.63) is 30.1 Å². The van der Waals surface area contributed by atoms with Gasteiger partial charge in [0.15, 0.2) is 0 Å². The molecule has 0 saturated heterocycles. The Bertz CT molecular complexity index is 588. The van der Waals surface area contributed by atoms with Gasteiger partial charge in [0.2, 0.25) is 0 Å². The molecule has 0 bridgehead atoms. The Labute approximate surface area is 119 Å². The van der Waals surface area contributed by atoms with Crippen molar-refractivity contribution in [1.29, 1.82) is 0 Å². The number of hydrogen-bond acceptors (Lipinski definition) is 3. The van der Waals surface area contributed by atoms with Crippen molar-refractivity contribution < 1.29 is 0 Å². The van der Waals surface area contributed by atoms with Gasteiger partial charge in [0.1, 0.15) is 5.82 Å². The average Bonchev–Trinajstić information content (AvgIpc) is 2.73. The Balaban J connectivity index is 2.48. The van der Waals surface area contributed by atoms with Gasteiger partial charge in [0.05, 0.1) is 22.1 Å². The summed E-state index contributed by atoms with van der Waals surface area (Å²) in [5.41, 5.74) is 7.79. The zero-order valence-corrected chi connectivity index (χ0v) is 12.4. The van der Waals surface area contributed by atoms with Crippen LogP contribution >= 0.6 is 12.2 Å². The zero-order valence-electron chi connectivity index (χ0n) is 11.6. The Kier molecular flexibility index (Phi) is 4.17. The van der Waals surface area contributed by atoms with E-state index < -0.39 is 0 Å². The zero-order chi connectivity index (χ0) is 14.0. The molecule has 5 heteroatoms. The lowest BCUT2D eigenvalue weighted by molar-refractivity contribution is 0.302. The smallest absolute Gasteiger partial charge is 0.127 e. The van der Waals surface area contributed by atoms with E-state index in [0.29, 0.717) is 11.4 Å². The van der Waals surface area contributed by atoms with E-state index in [1.165, 1.54) is 0 Å². The van der Waals surface area contributed by atoms with Crippen molar-refractivity contribution >= 4 is 28.2 Å². The highest BCUT2D eigenvalue weighted by atomic mass is 32.1. The lowest BCUT2D eigenvalue weighted by atomic mass is 10.3. The van der Waals surface area contributed by atoms with Crippen molar-refractivity contribution in [3.63, 3.8) is 0 Å². The number of nitrogens with two attached hydrogens (primary N) is 1. The van der Waals surface area contributed by atoms with E-state index in [2.05, 4.69) is 36.6 Å². The first-order chi connectivity index (χ1) is 9.00. The standard InChI is InChI=1S/C14H20N4S/c1-10(17(2)3)14-16-11-6-4-5-7-12(11)18(14)9-8-13(15)19/h4-7,10H,8-9H2,1-3H3,(H2,15,19). The molecule has 1 heterocycles. The molecule has 0 aliphatic carbocycles. The van der Waals surface area contributed by atoms with E-state index in [1.54, 1.807) is 0 Å². The minimum atomic E-state index is 0.249. The number of benzene rings is 1. The van der Waals surface area contributed by atoms with Gasteiger partial charge >= 0.3 is 0 Å². The van der Waals surface area contributed by atoms with Gasteiger partial charge in [-0.15, -0.1) is 0 Å². The number of fused-ring (bicyclic) bond motifs is 1. The Hall–Kier alpha value is -1.46. The summed E-state index contributed by atoms with van der Waals surface area (Å²) in [4.78, 5) is 7.44. The highest BCUT2D eigenvalue weighted by Gasteiger charge is 2.17. The third-order valence-corrected chi connectivity index (χ3v) is 3.62. The maximum absolute atomic E-state index is 5.63. The second-order valence-corrected chi connectivity index (χ2v) is 5.49. The predicted octanol–water partition coefficient (Wildman–Crippen LogP) is 2.34. The first-order valence-corrected chi connectivity index (χ1v) is 6.81. The van der Waals surface area contributed by atoms with Crippen molar-refractivity contribution in [2.45, 2.75) is 25.9 Å². The van der Waals surface area contributed by atoms with E-state index in [4.69, 9.17) is 22.9 Å². The molecule has 2 aromatic rings. The van der Waals surface area contributed by atoms with Crippen LogP contribution < -0.4 is 5.73 Å². The van der Waals surface area contributed by atoms with Gasteiger partial charge in [0.25, 0.3) is 0 Å². The number of thiocarbonyl (C=S) groups is 1. The number of rotatable bonds is 5. The van der Waals surface area contributed by atoms with Gasteiger partial charge in [-0.2, -0.15) is 0 Å². The third kappa shape index (κ3) is 2.93. The van der Waals surface area contributed by atoms with Crippen LogP contribution in [0, 0.1) is 0 Å². The molecule has 102 valence electrons. The molecule has 0 aliphatic rings. The lowest BCUT2D eigenvalue weighted by Crippen LogP contribution is -2.22. The van der Waals surface area contributed by atoms with Gasteiger partial charge in [-0.05, 0) is 33.2 Å². The molecule has 1 atom stereocenters. The van der Waals surface area contributed by atoms with Crippen LogP contribution in [0.2, 0.25) is 0 Å². The van der Waals surface area contributed by atoms with Crippen LogP contribution in [0.3, 0.4) is 0 Å². The molecular formula is C14H20N4S. The second kappa shape index (κ2) is 5.67. The van der Waals surface area contributed by atoms with E-state index in [0.717, 1.165) is 23.4 Å². The molecule has 0 spiro atoms. The molecule has 1 aromatic heterocycles. The molecule has 2 N–H and O–H groups in total. The van der Waals surface area contributed by atoms with Crippen LogP contribution in [-0.2, 0) is 6.54 Å². The number of aromatic nitrogens is 2. The van der Waals surface area contributed by atoms with Crippen LogP contribution in [0.25, 0.3) is 11.0 Å². The molecule has 19 heavy (non-hydrogen) atoms. The molecule has 4 nitrogen and oxygen atoms in total. The summed E-state index contributed by atoms with van der Waals surface area (Å²) in [5, 5.41) is 0. The van der Waals surface area contributed by atoms with Crippen LogP contribution in [-0.4, -0.2) is 33.5 Å². The summed E-state index contributed by atoms with van der Waals surface area (Å²) in [6, 6.07) is 8.42. The summed E-state index contributed by atoms with van der Waals surface area (Å²) in [6.45, 7) is 2.93. The highest BCUT2D eigenvalue weighted by Crippen LogP contribution is 2.23. The molecule has 0 saturated carbocycles. The fourth-order valence-corrected chi connectivity index (χ4v) is 2.19. The average molecular weight is 276 g/mol. The van der Waals surface area contributed by atoms with Crippen LogP contribution in [0.5, 0.6) is 0 Å². The number of aryl methyl sites for hydroxylation is 1. The van der Waals surface area contributed by atoms with Gasteiger partial charge in [-0.1, -0.05) is 24.4 Å². The molecule has 0 amide bonds. The molecule has 2 rings (SSSR count). The summed E-state index contributed by atoms with van der Waals surface area (Å²) in [7, 11) is 4.11. The summed E-state index contributed by atoms with van der Waals surface area (Å²) >= 11 is 4.99. The van der Waals surface area contributed by atoms with Gasteiger partial charge in [-0.3, -0.25) is 4.90 Å². The maximum atomic E-state index is 5.63. The summed E-state index contributed by atoms with van der Waals surface area (Å²) in [5.74, 6) is 1.06. The molecule has 0 fully saturated rings. The Morgan fingerprint density at radius 1 is 1.42 bits per heavy atom. The van der Waals surface area contributed by atoms with Crippen LogP contribution in [0.4, 0.5) is 0 Å². The number of imidazole rings is 1.